The maximum atomic E-state index is 12.6. The van der Waals surface area contributed by atoms with Gasteiger partial charge in [-0.15, -0.1) is 0 Å². The summed E-state index contributed by atoms with van der Waals surface area (Å²) in [5.41, 5.74) is 0. The molecule has 1 saturated heterocycles. The predicted octanol–water partition coefficient (Wildman–Crippen LogP) is 0.526. The van der Waals surface area contributed by atoms with Crippen LogP contribution in [0.15, 0.2) is 17.3 Å². The van der Waals surface area contributed by atoms with Gasteiger partial charge in [0.1, 0.15) is 6.04 Å². The van der Waals surface area contributed by atoms with Crippen molar-refractivity contribution in [1.29, 1.82) is 0 Å². The van der Waals surface area contributed by atoms with Crippen molar-refractivity contribution in [2.24, 2.45) is 7.05 Å². The highest BCUT2D eigenvalue weighted by Crippen LogP contribution is 2.25. The van der Waals surface area contributed by atoms with Gasteiger partial charge in [-0.3, -0.25) is 9.48 Å². The van der Waals surface area contributed by atoms with Gasteiger partial charge >= 0.3 is 5.97 Å². The van der Waals surface area contributed by atoms with Gasteiger partial charge in [0.05, 0.1) is 12.8 Å². The minimum atomic E-state index is -3.73. The fourth-order valence-electron chi connectivity index (χ4n) is 2.40. The van der Waals surface area contributed by atoms with Gasteiger partial charge < -0.3 is 4.74 Å². The summed E-state index contributed by atoms with van der Waals surface area (Å²) < 4.78 is 32.8. The maximum absolute atomic E-state index is 12.6. The molecule has 20 heavy (non-hydrogen) atoms. The van der Waals surface area contributed by atoms with Crippen LogP contribution in [0, 0.1) is 0 Å². The number of ether oxygens (including phenoxy) is 1. The van der Waals surface area contributed by atoms with Crippen molar-refractivity contribution < 1.29 is 17.9 Å². The molecule has 0 bridgehead atoms. The molecular weight excluding hydrogens is 282 g/mol. The molecule has 2 heterocycles. The van der Waals surface area contributed by atoms with Crippen molar-refractivity contribution in [1.82, 2.24) is 14.1 Å². The molecule has 0 saturated carbocycles. The van der Waals surface area contributed by atoms with Crippen LogP contribution >= 0.6 is 0 Å². The Morgan fingerprint density at radius 2 is 2.25 bits per heavy atom. The third-order valence-corrected chi connectivity index (χ3v) is 5.34. The maximum Gasteiger partial charge on any atom is 0.324 e. The molecule has 0 amide bonds. The summed E-state index contributed by atoms with van der Waals surface area (Å²) in [5, 5.41) is 3.97. The average Bonchev–Trinajstić information content (AvgIpc) is 2.86. The van der Waals surface area contributed by atoms with E-state index in [0.29, 0.717) is 13.0 Å². The molecule has 1 aromatic rings. The van der Waals surface area contributed by atoms with Gasteiger partial charge in [-0.2, -0.15) is 9.40 Å². The van der Waals surface area contributed by atoms with Gasteiger partial charge in [-0.05, 0) is 32.3 Å². The Bertz CT molecular complexity index is 581. The first-order valence-corrected chi connectivity index (χ1v) is 8.09. The Morgan fingerprint density at radius 3 is 2.85 bits per heavy atom. The molecule has 8 heteroatoms. The van der Waals surface area contributed by atoms with Crippen molar-refractivity contribution in [2.45, 2.75) is 37.3 Å². The minimum absolute atomic E-state index is 0.0914. The van der Waals surface area contributed by atoms with E-state index in [4.69, 9.17) is 4.74 Å². The molecule has 1 aromatic heterocycles. The predicted molar refractivity (Wildman–Crippen MR) is 71.4 cm³/mol. The molecule has 0 spiro atoms. The SMILES string of the molecule is CCOC(=O)C1CCCCN1S(=O)(=O)c1ccnn1C. The largest absolute Gasteiger partial charge is 0.465 e. The normalized spacial score (nSPS) is 20.8. The number of hydrogen-bond donors (Lipinski definition) is 0. The molecule has 1 unspecified atom stereocenters. The zero-order valence-electron chi connectivity index (χ0n) is 11.7. The number of nitrogens with zero attached hydrogens (tertiary/aromatic N) is 3. The van der Waals surface area contributed by atoms with Crippen LogP contribution in [-0.2, 0) is 26.6 Å². The van der Waals surface area contributed by atoms with Crippen molar-refractivity contribution in [3.8, 4) is 0 Å². The van der Waals surface area contributed by atoms with Crippen LogP contribution in [0.5, 0.6) is 0 Å². The van der Waals surface area contributed by atoms with Crippen LogP contribution in [0.3, 0.4) is 0 Å². The Balaban J connectivity index is 2.32. The lowest BCUT2D eigenvalue weighted by Crippen LogP contribution is -2.48. The first kappa shape index (κ1) is 15.0. The summed E-state index contributed by atoms with van der Waals surface area (Å²) in [4.78, 5) is 12.0. The minimum Gasteiger partial charge on any atom is -0.465 e. The lowest BCUT2D eigenvalue weighted by molar-refractivity contribution is -0.148. The average molecular weight is 301 g/mol. The topological polar surface area (TPSA) is 81.5 Å². The Hall–Kier alpha value is -1.41. The summed E-state index contributed by atoms with van der Waals surface area (Å²) in [5.74, 6) is -0.474. The van der Waals surface area contributed by atoms with Crippen LogP contribution in [0.1, 0.15) is 26.2 Å². The third-order valence-electron chi connectivity index (χ3n) is 3.36. The van der Waals surface area contributed by atoms with Crippen LogP contribution in [0.2, 0.25) is 0 Å². The van der Waals surface area contributed by atoms with E-state index in [1.54, 1.807) is 14.0 Å². The number of carbonyl (C=O) groups is 1. The van der Waals surface area contributed by atoms with Crippen LogP contribution in [0.4, 0.5) is 0 Å². The van der Waals surface area contributed by atoms with Crippen LogP contribution < -0.4 is 0 Å². The zero-order chi connectivity index (χ0) is 14.8. The third kappa shape index (κ3) is 2.71. The van der Waals surface area contributed by atoms with Gasteiger partial charge in [0.15, 0.2) is 5.03 Å². The van der Waals surface area contributed by atoms with Gasteiger partial charge in [0.25, 0.3) is 10.0 Å². The number of aromatic nitrogens is 2. The summed E-state index contributed by atoms with van der Waals surface area (Å²) >= 11 is 0. The summed E-state index contributed by atoms with van der Waals surface area (Å²) in [6, 6.07) is 0.704. The van der Waals surface area contributed by atoms with Crippen molar-refractivity contribution in [3.63, 3.8) is 0 Å². The van der Waals surface area contributed by atoms with Crippen molar-refractivity contribution in [2.75, 3.05) is 13.2 Å². The molecule has 1 fully saturated rings. The Morgan fingerprint density at radius 1 is 1.50 bits per heavy atom. The summed E-state index contributed by atoms with van der Waals surface area (Å²) in [6.45, 7) is 2.28. The van der Waals surface area contributed by atoms with E-state index in [9.17, 15) is 13.2 Å². The second-order valence-electron chi connectivity index (χ2n) is 4.67. The quantitative estimate of drug-likeness (QED) is 0.758. The number of hydrogen-bond acceptors (Lipinski definition) is 5. The fraction of sp³-hybridized carbons (Fsp3) is 0.667. The molecule has 0 aromatic carbocycles. The van der Waals surface area contributed by atoms with E-state index in [-0.39, 0.29) is 11.6 Å². The smallest absolute Gasteiger partial charge is 0.324 e. The molecule has 112 valence electrons. The molecule has 1 aliphatic rings. The molecule has 2 rings (SSSR count). The molecule has 7 nitrogen and oxygen atoms in total. The first-order valence-electron chi connectivity index (χ1n) is 6.65. The lowest BCUT2D eigenvalue weighted by atomic mass is 10.1. The number of aryl methyl sites for hydroxylation is 1. The molecule has 1 aliphatic heterocycles. The van der Waals surface area contributed by atoms with E-state index < -0.39 is 22.0 Å². The van der Waals surface area contributed by atoms with E-state index >= 15 is 0 Å². The summed E-state index contributed by atoms with van der Waals surface area (Å²) in [7, 11) is -2.16. The molecule has 1 atom stereocenters. The second-order valence-corrected chi connectivity index (χ2v) is 6.51. The zero-order valence-corrected chi connectivity index (χ0v) is 12.5. The highest BCUT2D eigenvalue weighted by atomic mass is 32.2. The van der Waals surface area contributed by atoms with Gasteiger partial charge in [-0.25, -0.2) is 8.42 Å². The number of piperidine rings is 1. The molecular formula is C12H19N3O4S. The molecule has 0 N–H and O–H groups in total. The Kier molecular flexibility index (Phi) is 4.44. The first-order chi connectivity index (χ1) is 9.48. The number of sulfonamides is 1. The van der Waals surface area contributed by atoms with E-state index in [1.807, 2.05) is 0 Å². The van der Waals surface area contributed by atoms with E-state index in [1.165, 1.54) is 21.3 Å². The number of carbonyl (C=O) groups excluding carboxylic acids is 1. The number of esters is 1. The van der Waals surface area contributed by atoms with Gasteiger partial charge in [0, 0.05) is 13.6 Å². The van der Waals surface area contributed by atoms with E-state index in [2.05, 4.69) is 5.10 Å². The standard InChI is InChI=1S/C12H19N3O4S/c1-3-19-12(16)10-6-4-5-9-15(10)20(17,18)11-7-8-13-14(11)2/h7-8,10H,3-6,9H2,1-2H3. The van der Waals surface area contributed by atoms with Crippen LogP contribution in [0.25, 0.3) is 0 Å². The van der Waals surface area contributed by atoms with Crippen molar-refractivity contribution >= 4 is 16.0 Å². The second kappa shape index (κ2) is 5.92. The monoisotopic (exact) mass is 301 g/mol. The Labute approximate surface area is 118 Å². The van der Waals surface area contributed by atoms with Crippen LogP contribution in [-0.4, -0.2) is 47.7 Å². The van der Waals surface area contributed by atoms with Gasteiger partial charge in [0.2, 0.25) is 0 Å². The number of rotatable bonds is 4. The highest BCUT2D eigenvalue weighted by molar-refractivity contribution is 7.89. The molecule has 0 radical (unpaired) electrons. The van der Waals surface area contributed by atoms with Crippen molar-refractivity contribution in [3.05, 3.63) is 12.3 Å². The fourth-order valence-corrected chi connectivity index (χ4v) is 4.15. The highest BCUT2D eigenvalue weighted by Gasteiger charge is 2.39. The summed E-state index contributed by atoms with van der Waals surface area (Å²) in [6.07, 6.45) is 3.49. The molecule has 0 aliphatic carbocycles. The van der Waals surface area contributed by atoms with Gasteiger partial charge in [-0.1, -0.05) is 0 Å². The lowest BCUT2D eigenvalue weighted by Gasteiger charge is -2.32. The van der Waals surface area contributed by atoms with E-state index in [0.717, 1.165) is 12.8 Å².